The van der Waals surface area contributed by atoms with Crippen LogP contribution in [0.5, 0.6) is 11.5 Å². The summed E-state index contributed by atoms with van der Waals surface area (Å²) < 4.78 is 29.5. The van der Waals surface area contributed by atoms with Crippen molar-refractivity contribution in [2.24, 2.45) is 5.92 Å². The molecule has 2 aromatic rings. The van der Waals surface area contributed by atoms with E-state index in [-0.39, 0.29) is 0 Å². The Morgan fingerprint density at radius 1 is 1.25 bits per heavy atom. The molecule has 0 saturated carbocycles. The molecular formula is C18H21NO4S. The lowest BCUT2D eigenvalue weighted by atomic mass is 9.88. The fourth-order valence-electron chi connectivity index (χ4n) is 3.24. The molecule has 4 rings (SSSR count). The van der Waals surface area contributed by atoms with Gasteiger partial charge in [-0.1, -0.05) is 12.1 Å². The molecule has 1 aliphatic heterocycles. The predicted molar refractivity (Wildman–Crippen MR) is 89.9 cm³/mol. The van der Waals surface area contributed by atoms with Crippen molar-refractivity contribution in [1.29, 1.82) is 0 Å². The van der Waals surface area contributed by atoms with Gasteiger partial charge in [0.25, 0.3) is 0 Å². The number of ether oxygens (including phenoxy) is 2. The van der Waals surface area contributed by atoms with E-state index in [0.717, 1.165) is 53.3 Å². The van der Waals surface area contributed by atoms with E-state index < -0.39 is 10.8 Å². The molecule has 2 aliphatic rings. The average Bonchev–Trinajstić information content (AvgIpc) is 2.82. The lowest BCUT2D eigenvalue weighted by molar-refractivity contribution is 0.297. The maximum Gasteiger partial charge on any atom is 0.162 e. The Bertz CT molecular complexity index is 770. The summed E-state index contributed by atoms with van der Waals surface area (Å²) in [5, 5.41) is 4.18. The number of hydrogen-bond donors (Lipinski definition) is 0. The lowest BCUT2D eigenvalue weighted by Gasteiger charge is -2.16. The van der Waals surface area contributed by atoms with E-state index in [0.29, 0.717) is 30.6 Å². The fraction of sp³-hybridized carbons (Fsp3) is 0.500. The molecular weight excluding hydrogens is 326 g/mol. The van der Waals surface area contributed by atoms with E-state index in [4.69, 9.17) is 14.0 Å². The van der Waals surface area contributed by atoms with Crippen LogP contribution in [-0.4, -0.2) is 22.6 Å². The quantitative estimate of drug-likeness (QED) is 0.853. The van der Waals surface area contributed by atoms with Crippen molar-refractivity contribution in [2.45, 2.75) is 43.3 Å². The minimum absolute atomic E-state index is 0.380. The second-order valence-electron chi connectivity index (χ2n) is 6.53. The predicted octanol–water partition coefficient (Wildman–Crippen LogP) is 3.27. The van der Waals surface area contributed by atoms with E-state index in [1.54, 1.807) is 0 Å². The van der Waals surface area contributed by atoms with Crippen LogP contribution in [0.4, 0.5) is 0 Å². The van der Waals surface area contributed by atoms with E-state index in [2.05, 4.69) is 12.1 Å². The van der Waals surface area contributed by atoms with Gasteiger partial charge in [-0.15, -0.1) is 0 Å². The number of benzene rings is 1. The molecule has 2 atom stereocenters. The third-order valence-corrected chi connectivity index (χ3v) is 5.93. The molecule has 1 aromatic heterocycles. The number of hydrogen-bond acceptors (Lipinski definition) is 5. The summed E-state index contributed by atoms with van der Waals surface area (Å²) in [5.74, 6) is 3.38. The zero-order valence-electron chi connectivity index (χ0n) is 13.7. The van der Waals surface area contributed by atoms with Crippen molar-refractivity contribution < 1.29 is 18.2 Å². The number of fused-ring (bicyclic) bond motifs is 2. The maximum absolute atomic E-state index is 12.8. The fourth-order valence-corrected chi connectivity index (χ4v) is 4.34. The Morgan fingerprint density at radius 2 is 2.08 bits per heavy atom. The van der Waals surface area contributed by atoms with E-state index in [1.165, 1.54) is 0 Å². The number of rotatable bonds is 3. The summed E-state index contributed by atoms with van der Waals surface area (Å²) in [6, 6.07) is 5.51. The zero-order valence-corrected chi connectivity index (χ0v) is 14.6. The topological polar surface area (TPSA) is 61.6 Å². The normalized spacial score (nSPS) is 21.0. The van der Waals surface area contributed by atoms with Crippen LogP contribution in [0, 0.1) is 5.92 Å². The Balaban J connectivity index is 1.55. The third-order valence-electron chi connectivity index (χ3n) is 4.62. The molecule has 0 fully saturated rings. The molecule has 0 saturated heterocycles. The summed E-state index contributed by atoms with van der Waals surface area (Å²) in [5.41, 5.74) is 2.00. The van der Waals surface area contributed by atoms with Crippen molar-refractivity contribution >= 4 is 10.8 Å². The second-order valence-corrected chi connectivity index (χ2v) is 7.98. The Kier molecular flexibility index (Phi) is 4.31. The molecule has 0 radical (unpaired) electrons. The Morgan fingerprint density at radius 3 is 2.96 bits per heavy atom. The van der Waals surface area contributed by atoms with Crippen LogP contribution < -0.4 is 9.47 Å². The van der Waals surface area contributed by atoms with E-state index >= 15 is 0 Å². The second kappa shape index (κ2) is 6.59. The van der Waals surface area contributed by atoms with Gasteiger partial charge in [0, 0.05) is 29.4 Å². The molecule has 0 spiro atoms. The molecule has 6 heteroatoms. The molecule has 0 amide bonds. The average molecular weight is 347 g/mol. The molecule has 2 unspecified atom stereocenters. The van der Waals surface area contributed by atoms with Crippen molar-refractivity contribution in [3.63, 3.8) is 0 Å². The molecule has 24 heavy (non-hydrogen) atoms. The highest BCUT2D eigenvalue weighted by molar-refractivity contribution is 7.84. The Labute approximate surface area is 143 Å². The van der Waals surface area contributed by atoms with Gasteiger partial charge in [-0.2, -0.15) is 0 Å². The SMILES string of the molecule is CC1CCc2onc(CS(=O)c3ccc4c(c3)OCCCO4)c2C1. The van der Waals surface area contributed by atoms with Crippen LogP contribution >= 0.6 is 0 Å². The van der Waals surface area contributed by atoms with Gasteiger partial charge in [-0.05, 0) is 30.9 Å². The van der Waals surface area contributed by atoms with Gasteiger partial charge in [-0.3, -0.25) is 4.21 Å². The van der Waals surface area contributed by atoms with Crippen LogP contribution in [-0.2, 0) is 29.4 Å². The van der Waals surface area contributed by atoms with Crippen LogP contribution in [0.25, 0.3) is 0 Å². The summed E-state index contributed by atoms with van der Waals surface area (Å²) in [6.07, 6.45) is 3.88. The van der Waals surface area contributed by atoms with Crippen molar-refractivity contribution in [1.82, 2.24) is 5.16 Å². The first-order chi connectivity index (χ1) is 11.7. The van der Waals surface area contributed by atoms with Crippen molar-refractivity contribution in [3.8, 4) is 11.5 Å². The van der Waals surface area contributed by atoms with Gasteiger partial charge in [0.2, 0.25) is 0 Å². The molecule has 0 N–H and O–H groups in total. The molecule has 1 aromatic carbocycles. The van der Waals surface area contributed by atoms with Gasteiger partial charge in [-0.25, -0.2) is 0 Å². The van der Waals surface area contributed by atoms with Crippen LogP contribution in [0.1, 0.15) is 36.8 Å². The monoisotopic (exact) mass is 347 g/mol. The van der Waals surface area contributed by atoms with Crippen LogP contribution in [0.15, 0.2) is 27.6 Å². The van der Waals surface area contributed by atoms with Crippen LogP contribution in [0.2, 0.25) is 0 Å². The zero-order chi connectivity index (χ0) is 16.5. The van der Waals surface area contributed by atoms with Gasteiger partial charge < -0.3 is 14.0 Å². The van der Waals surface area contributed by atoms with Gasteiger partial charge in [0.1, 0.15) is 5.76 Å². The third kappa shape index (κ3) is 3.07. The summed E-state index contributed by atoms with van der Waals surface area (Å²) in [7, 11) is -1.18. The largest absolute Gasteiger partial charge is 0.490 e. The highest BCUT2D eigenvalue weighted by Crippen LogP contribution is 2.33. The minimum Gasteiger partial charge on any atom is -0.490 e. The molecule has 0 bridgehead atoms. The smallest absolute Gasteiger partial charge is 0.162 e. The standard InChI is InChI=1S/C18H21NO4S/c1-12-3-5-16-14(9-12)15(19-23-16)11-24(20)13-4-6-17-18(10-13)22-8-2-7-21-17/h4,6,10,12H,2-3,5,7-9,11H2,1H3. The minimum atomic E-state index is -1.18. The first-order valence-corrected chi connectivity index (χ1v) is 9.77. The van der Waals surface area contributed by atoms with Crippen molar-refractivity contribution in [2.75, 3.05) is 13.2 Å². The number of nitrogens with zero attached hydrogens (tertiary/aromatic N) is 1. The van der Waals surface area contributed by atoms with Gasteiger partial charge in [0.15, 0.2) is 11.5 Å². The summed E-state index contributed by atoms with van der Waals surface area (Å²) >= 11 is 0. The maximum atomic E-state index is 12.8. The molecule has 1 aliphatic carbocycles. The highest BCUT2D eigenvalue weighted by Gasteiger charge is 2.24. The van der Waals surface area contributed by atoms with E-state index in [9.17, 15) is 4.21 Å². The lowest BCUT2D eigenvalue weighted by Crippen LogP contribution is -2.11. The summed E-state index contributed by atoms with van der Waals surface area (Å²) in [6.45, 7) is 3.51. The van der Waals surface area contributed by atoms with Gasteiger partial charge in [0.05, 0.1) is 35.5 Å². The van der Waals surface area contributed by atoms with Gasteiger partial charge >= 0.3 is 0 Å². The van der Waals surface area contributed by atoms with Crippen molar-refractivity contribution in [3.05, 3.63) is 35.2 Å². The van der Waals surface area contributed by atoms with E-state index in [1.807, 2.05) is 18.2 Å². The Hall–Kier alpha value is -1.82. The first-order valence-electron chi connectivity index (χ1n) is 8.45. The highest BCUT2D eigenvalue weighted by atomic mass is 32.2. The summed E-state index contributed by atoms with van der Waals surface area (Å²) in [4.78, 5) is 0.736. The van der Waals surface area contributed by atoms with Crippen LogP contribution in [0.3, 0.4) is 0 Å². The first kappa shape index (κ1) is 15.7. The molecule has 2 heterocycles. The number of aryl methyl sites for hydroxylation is 1. The number of aromatic nitrogens is 1. The molecule has 128 valence electrons. The molecule has 5 nitrogen and oxygen atoms in total.